The summed E-state index contributed by atoms with van der Waals surface area (Å²) in [6.07, 6.45) is 6.23. The lowest BCUT2D eigenvalue weighted by Crippen LogP contribution is -2.22. The van der Waals surface area contributed by atoms with Gasteiger partial charge in [0.05, 0.1) is 0 Å². The third kappa shape index (κ3) is 2.73. The molecule has 70 valence electrons. The van der Waals surface area contributed by atoms with Crippen molar-refractivity contribution in [2.75, 3.05) is 0 Å². The summed E-state index contributed by atoms with van der Waals surface area (Å²) < 4.78 is 0. The first-order valence-corrected chi connectivity index (χ1v) is 10.4. The molecule has 0 aromatic rings. The van der Waals surface area contributed by atoms with Crippen LogP contribution in [0.2, 0.25) is 37.3 Å². The van der Waals surface area contributed by atoms with Crippen LogP contribution in [0, 0.1) is 0 Å². The fraction of sp³-hybridized carbons (Fsp3) is 1.00. The molecule has 1 aliphatic carbocycles. The molecule has 12 heavy (non-hydrogen) atoms. The second-order valence-corrected chi connectivity index (χ2v) is 10.6. The standard InChI is InChI=1S/C10H22Si2/c1-11(2)9-5-7-10(8-6-9)12(3)4/h9-10H,5-8H2,1-4H3. The van der Waals surface area contributed by atoms with E-state index in [1.807, 2.05) is 0 Å². The molecule has 0 bridgehead atoms. The molecule has 0 saturated heterocycles. The zero-order chi connectivity index (χ0) is 9.14. The highest BCUT2D eigenvalue weighted by atomic mass is 28.3. The van der Waals surface area contributed by atoms with Crippen molar-refractivity contribution in [2.24, 2.45) is 0 Å². The van der Waals surface area contributed by atoms with Crippen molar-refractivity contribution in [3.8, 4) is 0 Å². The first kappa shape index (κ1) is 10.5. The Bertz CT molecular complexity index is 108. The molecule has 1 aliphatic rings. The van der Waals surface area contributed by atoms with E-state index in [2.05, 4.69) is 26.2 Å². The molecule has 0 spiro atoms. The normalized spacial score (nSPS) is 31.5. The van der Waals surface area contributed by atoms with E-state index in [0.717, 1.165) is 11.1 Å². The molecular weight excluding hydrogens is 176 g/mol. The summed E-state index contributed by atoms with van der Waals surface area (Å²) in [6, 6.07) is 0. The van der Waals surface area contributed by atoms with Crippen LogP contribution in [0.15, 0.2) is 0 Å². The fourth-order valence-electron chi connectivity index (χ4n) is 2.25. The van der Waals surface area contributed by atoms with Crippen LogP contribution < -0.4 is 0 Å². The highest BCUT2D eigenvalue weighted by Gasteiger charge is 2.25. The first-order valence-electron chi connectivity index (χ1n) is 5.21. The predicted molar refractivity (Wildman–Crippen MR) is 60.9 cm³/mol. The Hall–Kier alpha value is 0.434. The lowest BCUT2D eigenvalue weighted by Gasteiger charge is -2.31. The van der Waals surface area contributed by atoms with E-state index in [1.54, 1.807) is 25.7 Å². The zero-order valence-electron chi connectivity index (χ0n) is 8.98. The number of hydrogen-bond donors (Lipinski definition) is 0. The summed E-state index contributed by atoms with van der Waals surface area (Å²) in [7, 11) is 0.0551. The van der Waals surface area contributed by atoms with Crippen molar-refractivity contribution < 1.29 is 0 Å². The highest BCUT2D eigenvalue weighted by Crippen LogP contribution is 2.39. The Morgan fingerprint density at radius 2 is 0.917 bits per heavy atom. The van der Waals surface area contributed by atoms with Crippen molar-refractivity contribution in [3.63, 3.8) is 0 Å². The largest absolute Gasteiger partial charge is 0.0711 e. The van der Waals surface area contributed by atoms with E-state index >= 15 is 0 Å². The van der Waals surface area contributed by atoms with Gasteiger partial charge in [0.2, 0.25) is 0 Å². The molecule has 0 aromatic heterocycles. The Morgan fingerprint density at radius 3 is 1.08 bits per heavy atom. The Balaban J connectivity index is 2.30. The maximum atomic E-state index is 2.49. The topological polar surface area (TPSA) is 0 Å². The van der Waals surface area contributed by atoms with Crippen LogP contribution in [0.3, 0.4) is 0 Å². The SMILES string of the molecule is C[Si](C)C1CCC([Si](C)C)CC1. The average molecular weight is 198 g/mol. The molecule has 0 N–H and O–H groups in total. The minimum Gasteiger partial charge on any atom is -0.0711 e. The van der Waals surface area contributed by atoms with Gasteiger partial charge >= 0.3 is 0 Å². The zero-order valence-corrected chi connectivity index (χ0v) is 11.0. The Morgan fingerprint density at radius 1 is 0.667 bits per heavy atom. The van der Waals surface area contributed by atoms with Crippen molar-refractivity contribution in [3.05, 3.63) is 0 Å². The molecular formula is C10H22Si2. The molecule has 0 nitrogen and oxygen atoms in total. The first-order chi connectivity index (χ1) is 5.61. The van der Waals surface area contributed by atoms with Crippen LogP contribution in [0.1, 0.15) is 25.7 Å². The van der Waals surface area contributed by atoms with Crippen molar-refractivity contribution >= 4 is 17.6 Å². The molecule has 2 radical (unpaired) electrons. The fourth-order valence-corrected chi connectivity index (χ4v) is 5.22. The minimum atomic E-state index is 0.0276. The van der Waals surface area contributed by atoms with E-state index in [9.17, 15) is 0 Å². The lowest BCUT2D eigenvalue weighted by atomic mass is 9.99. The molecule has 0 aliphatic heterocycles. The molecule has 1 fully saturated rings. The molecule has 0 atom stereocenters. The number of hydrogen-bond acceptors (Lipinski definition) is 0. The van der Waals surface area contributed by atoms with E-state index in [0.29, 0.717) is 0 Å². The van der Waals surface area contributed by atoms with Gasteiger partial charge < -0.3 is 0 Å². The maximum absolute atomic E-state index is 2.49. The summed E-state index contributed by atoms with van der Waals surface area (Å²) in [5, 5.41) is 0. The van der Waals surface area contributed by atoms with Gasteiger partial charge in [-0.3, -0.25) is 0 Å². The quantitative estimate of drug-likeness (QED) is 0.592. The van der Waals surface area contributed by atoms with E-state index < -0.39 is 0 Å². The molecule has 0 aromatic carbocycles. The summed E-state index contributed by atoms with van der Waals surface area (Å²) >= 11 is 0. The van der Waals surface area contributed by atoms with Crippen LogP contribution >= 0.6 is 0 Å². The van der Waals surface area contributed by atoms with E-state index in [4.69, 9.17) is 0 Å². The van der Waals surface area contributed by atoms with Gasteiger partial charge in [0, 0.05) is 17.6 Å². The molecule has 2 heteroatoms. The smallest absolute Gasteiger partial charge is 0.0446 e. The summed E-state index contributed by atoms with van der Waals surface area (Å²) in [5.41, 5.74) is 2.29. The molecule has 1 saturated carbocycles. The maximum Gasteiger partial charge on any atom is 0.0446 e. The van der Waals surface area contributed by atoms with Gasteiger partial charge in [0.1, 0.15) is 0 Å². The molecule has 0 unspecified atom stereocenters. The second kappa shape index (κ2) is 4.61. The average Bonchev–Trinajstić information content (AvgIpc) is 2.04. The summed E-state index contributed by atoms with van der Waals surface area (Å²) in [6.45, 7) is 9.94. The predicted octanol–water partition coefficient (Wildman–Crippen LogP) is 3.81. The lowest BCUT2D eigenvalue weighted by molar-refractivity contribution is 0.491. The van der Waals surface area contributed by atoms with Crippen LogP contribution in [0.25, 0.3) is 0 Å². The van der Waals surface area contributed by atoms with Crippen molar-refractivity contribution in [1.82, 2.24) is 0 Å². The highest BCUT2D eigenvalue weighted by molar-refractivity contribution is 6.58. The summed E-state index contributed by atoms with van der Waals surface area (Å²) in [5.74, 6) is 0. The van der Waals surface area contributed by atoms with Gasteiger partial charge in [-0.1, -0.05) is 51.9 Å². The Kier molecular flexibility index (Phi) is 4.04. The van der Waals surface area contributed by atoms with Gasteiger partial charge in [-0.15, -0.1) is 0 Å². The summed E-state index contributed by atoms with van der Waals surface area (Å²) in [4.78, 5) is 0. The molecule has 0 heterocycles. The van der Waals surface area contributed by atoms with Crippen LogP contribution in [-0.4, -0.2) is 17.6 Å². The van der Waals surface area contributed by atoms with Crippen molar-refractivity contribution in [2.45, 2.75) is 63.0 Å². The third-order valence-electron chi connectivity index (χ3n) is 3.36. The van der Waals surface area contributed by atoms with E-state index in [1.165, 1.54) is 0 Å². The third-order valence-corrected chi connectivity index (χ3v) is 7.78. The van der Waals surface area contributed by atoms with Gasteiger partial charge in [-0.2, -0.15) is 0 Å². The molecule has 1 rings (SSSR count). The number of rotatable bonds is 2. The van der Waals surface area contributed by atoms with Crippen LogP contribution in [-0.2, 0) is 0 Å². The van der Waals surface area contributed by atoms with Crippen LogP contribution in [0.4, 0.5) is 0 Å². The monoisotopic (exact) mass is 198 g/mol. The molecule has 0 amide bonds. The Labute approximate surface area is 81.0 Å². The van der Waals surface area contributed by atoms with Gasteiger partial charge in [0.15, 0.2) is 0 Å². The second-order valence-electron chi connectivity index (χ2n) is 4.70. The van der Waals surface area contributed by atoms with Gasteiger partial charge in [-0.25, -0.2) is 0 Å². The van der Waals surface area contributed by atoms with Gasteiger partial charge in [-0.05, 0) is 11.1 Å². The van der Waals surface area contributed by atoms with Crippen molar-refractivity contribution in [1.29, 1.82) is 0 Å². The van der Waals surface area contributed by atoms with Gasteiger partial charge in [0.25, 0.3) is 0 Å². The minimum absolute atomic E-state index is 0.0276. The van der Waals surface area contributed by atoms with E-state index in [-0.39, 0.29) is 17.6 Å². The van der Waals surface area contributed by atoms with Crippen LogP contribution in [0.5, 0.6) is 0 Å².